The number of carbonyl (C=O) groups is 2. The molecule has 2 aromatic rings. The average molecular weight is 399 g/mol. The standard InChI is InChI=1S/C22H29N3O4/c1-16-13-17(2)25(23-16)14-18-6-8-19(9-7-18)22(27)24(11-10-21(26)28-3)15-20-5-4-12-29-20/h6-9,13,20H,4-5,10-12,14-15H2,1-3H3. The predicted molar refractivity (Wildman–Crippen MR) is 109 cm³/mol. The van der Waals surface area contributed by atoms with E-state index in [2.05, 4.69) is 5.10 Å². The Morgan fingerprint density at radius 1 is 1.28 bits per heavy atom. The normalized spacial score (nSPS) is 16.0. The van der Waals surface area contributed by atoms with Gasteiger partial charge in [-0.25, -0.2) is 0 Å². The molecule has 0 saturated carbocycles. The molecule has 1 aliphatic heterocycles. The molecule has 1 amide bonds. The fraction of sp³-hybridized carbons (Fsp3) is 0.500. The predicted octanol–water partition coefficient (Wildman–Crippen LogP) is 2.73. The molecule has 156 valence electrons. The van der Waals surface area contributed by atoms with Gasteiger partial charge in [-0.05, 0) is 50.5 Å². The number of carbonyl (C=O) groups excluding carboxylic acids is 2. The first-order valence-corrected chi connectivity index (χ1v) is 10.0. The highest BCUT2D eigenvalue weighted by molar-refractivity contribution is 5.94. The van der Waals surface area contributed by atoms with E-state index < -0.39 is 0 Å². The van der Waals surface area contributed by atoms with E-state index in [1.165, 1.54) is 7.11 Å². The molecule has 0 radical (unpaired) electrons. The van der Waals surface area contributed by atoms with E-state index in [0.717, 1.165) is 36.4 Å². The molecule has 0 N–H and O–H groups in total. The van der Waals surface area contributed by atoms with Crippen LogP contribution in [-0.4, -0.2) is 59.5 Å². The Morgan fingerprint density at radius 3 is 2.62 bits per heavy atom. The maximum absolute atomic E-state index is 13.1. The third-order valence-corrected chi connectivity index (χ3v) is 5.19. The molecule has 0 bridgehead atoms. The van der Waals surface area contributed by atoms with Crippen molar-refractivity contribution in [2.45, 2.75) is 45.8 Å². The number of nitrogens with zero attached hydrogens (tertiary/aromatic N) is 3. The van der Waals surface area contributed by atoms with E-state index in [0.29, 0.717) is 25.2 Å². The van der Waals surface area contributed by atoms with Gasteiger partial charge < -0.3 is 14.4 Å². The Hall–Kier alpha value is -2.67. The number of esters is 1. The molecular formula is C22H29N3O4. The lowest BCUT2D eigenvalue weighted by atomic mass is 10.1. The summed E-state index contributed by atoms with van der Waals surface area (Å²) in [5.74, 6) is -0.419. The molecule has 0 aliphatic carbocycles. The van der Waals surface area contributed by atoms with Crippen LogP contribution in [0.2, 0.25) is 0 Å². The first-order chi connectivity index (χ1) is 14.0. The molecule has 1 saturated heterocycles. The zero-order chi connectivity index (χ0) is 20.8. The van der Waals surface area contributed by atoms with Gasteiger partial charge in [0.2, 0.25) is 0 Å². The fourth-order valence-corrected chi connectivity index (χ4v) is 3.58. The molecule has 1 unspecified atom stereocenters. The molecule has 0 spiro atoms. The van der Waals surface area contributed by atoms with Crippen LogP contribution in [0.4, 0.5) is 0 Å². The van der Waals surface area contributed by atoms with Gasteiger partial charge in [-0.2, -0.15) is 5.10 Å². The van der Waals surface area contributed by atoms with E-state index in [-0.39, 0.29) is 24.4 Å². The van der Waals surface area contributed by atoms with Crippen LogP contribution < -0.4 is 0 Å². The molecule has 3 rings (SSSR count). The molecule has 1 aromatic carbocycles. The van der Waals surface area contributed by atoms with Crippen molar-refractivity contribution in [3.05, 3.63) is 52.8 Å². The van der Waals surface area contributed by atoms with Gasteiger partial charge in [-0.15, -0.1) is 0 Å². The molecule has 29 heavy (non-hydrogen) atoms. The number of methoxy groups -OCH3 is 1. The summed E-state index contributed by atoms with van der Waals surface area (Å²) in [4.78, 5) is 26.3. The van der Waals surface area contributed by atoms with Gasteiger partial charge >= 0.3 is 5.97 Å². The molecule has 7 nitrogen and oxygen atoms in total. The van der Waals surface area contributed by atoms with Crippen molar-refractivity contribution in [3.63, 3.8) is 0 Å². The smallest absolute Gasteiger partial charge is 0.307 e. The first-order valence-electron chi connectivity index (χ1n) is 10.0. The second kappa shape index (κ2) is 9.69. The summed E-state index contributed by atoms with van der Waals surface area (Å²) in [6, 6.07) is 9.62. The summed E-state index contributed by atoms with van der Waals surface area (Å²) in [5.41, 5.74) is 3.77. The molecule has 1 aliphatic rings. The van der Waals surface area contributed by atoms with Gasteiger partial charge in [-0.3, -0.25) is 14.3 Å². The van der Waals surface area contributed by atoms with Crippen LogP contribution >= 0.6 is 0 Å². The highest BCUT2D eigenvalue weighted by atomic mass is 16.5. The van der Waals surface area contributed by atoms with E-state index in [1.807, 2.05) is 48.9 Å². The van der Waals surface area contributed by atoms with Crippen molar-refractivity contribution in [1.29, 1.82) is 0 Å². The Labute approximate surface area is 171 Å². The van der Waals surface area contributed by atoms with Crippen LogP contribution in [0, 0.1) is 13.8 Å². The SMILES string of the molecule is COC(=O)CCN(CC1CCCO1)C(=O)c1ccc(Cn2nc(C)cc2C)cc1. The number of rotatable bonds is 8. The Balaban J connectivity index is 1.68. The number of aromatic nitrogens is 2. The highest BCUT2D eigenvalue weighted by Crippen LogP contribution is 2.16. The quantitative estimate of drug-likeness (QED) is 0.638. The second-order valence-corrected chi connectivity index (χ2v) is 7.49. The van der Waals surface area contributed by atoms with E-state index >= 15 is 0 Å². The minimum Gasteiger partial charge on any atom is -0.469 e. The summed E-state index contributed by atoms with van der Waals surface area (Å²) in [5, 5.41) is 4.48. The molecular weight excluding hydrogens is 370 g/mol. The zero-order valence-corrected chi connectivity index (χ0v) is 17.4. The molecule has 1 fully saturated rings. The summed E-state index contributed by atoms with van der Waals surface area (Å²) < 4.78 is 12.4. The van der Waals surface area contributed by atoms with Crippen molar-refractivity contribution in [1.82, 2.24) is 14.7 Å². The first kappa shape index (κ1) is 21.0. The molecule has 1 aromatic heterocycles. The van der Waals surface area contributed by atoms with Crippen LogP contribution in [0.3, 0.4) is 0 Å². The van der Waals surface area contributed by atoms with Gasteiger partial charge in [0.05, 0.1) is 31.9 Å². The van der Waals surface area contributed by atoms with Crippen LogP contribution in [0.25, 0.3) is 0 Å². The number of hydrogen-bond acceptors (Lipinski definition) is 5. The number of benzene rings is 1. The van der Waals surface area contributed by atoms with Crippen LogP contribution in [0.1, 0.15) is 46.6 Å². The molecule has 1 atom stereocenters. The van der Waals surface area contributed by atoms with E-state index in [9.17, 15) is 9.59 Å². The van der Waals surface area contributed by atoms with E-state index in [4.69, 9.17) is 9.47 Å². The average Bonchev–Trinajstić information content (AvgIpc) is 3.34. The Bertz CT molecular complexity index is 838. The van der Waals surface area contributed by atoms with Crippen LogP contribution in [0.15, 0.2) is 30.3 Å². The minimum absolute atomic E-state index is 0.0295. The highest BCUT2D eigenvalue weighted by Gasteiger charge is 2.24. The van der Waals surface area contributed by atoms with Crippen molar-refractivity contribution in [2.75, 3.05) is 26.8 Å². The van der Waals surface area contributed by atoms with Crippen molar-refractivity contribution in [2.24, 2.45) is 0 Å². The van der Waals surface area contributed by atoms with Gasteiger partial charge in [0, 0.05) is 31.0 Å². The maximum atomic E-state index is 13.1. The maximum Gasteiger partial charge on any atom is 0.307 e. The largest absolute Gasteiger partial charge is 0.469 e. The lowest BCUT2D eigenvalue weighted by molar-refractivity contribution is -0.140. The van der Waals surface area contributed by atoms with Gasteiger partial charge in [-0.1, -0.05) is 12.1 Å². The Kier molecular flexibility index (Phi) is 7.04. The second-order valence-electron chi connectivity index (χ2n) is 7.49. The van der Waals surface area contributed by atoms with Crippen molar-refractivity contribution in [3.8, 4) is 0 Å². The molecule has 7 heteroatoms. The van der Waals surface area contributed by atoms with Gasteiger partial charge in [0.15, 0.2) is 0 Å². The third-order valence-electron chi connectivity index (χ3n) is 5.19. The summed E-state index contributed by atoms with van der Waals surface area (Å²) in [6.45, 7) is 6.20. The van der Waals surface area contributed by atoms with Crippen molar-refractivity contribution < 1.29 is 19.1 Å². The lowest BCUT2D eigenvalue weighted by Crippen LogP contribution is -2.38. The third kappa shape index (κ3) is 5.67. The minimum atomic E-state index is -0.324. The zero-order valence-electron chi connectivity index (χ0n) is 17.4. The summed E-state index contributed by atoms with van der Waals surface area (Å²) >= 11 is 0. The number of hydrogen-bond donors (Lipinski definition) is 0. The monoisotopic (exact) mass is 399 g/mol. The summed E-state index contributed by atoms with van der Waals surface area (Å²) in [7, 11) is 1.36. The van der Waals surface area contributed by atoms with E-state index in [1.54, 1.807) is 4.90 Å². The topological polar surface area (TPSA) is 73.7 Å². The lowest BCUT2D eigenvalue weighted by Gasteiger charge is -2.25. The molecule has 2 heterocycles. The van der Waals surface area contributed by atoms with Crippen molar-refractivity contribution >= 4 is 11.9 Å². The fourth-order valence-electron chi connectivity index (χ4n) is 3.58. The van der Waals surface area contributed by atoms with Gasteiger partial charge in [0.25, 0.3) is 5.91 Å². The van der Waals surface area contributed by atoms with Crippen LogP contribution in [-0.2, 0) is 20.8 Å². The Morgan fingerprint density at radius 2 is 2.03 bits per heavy atom. The van der Waals surface area contributed by atoms with Gasteiger partial charge in [0.1, 0.15) is 0 Å². The number of aryl methyl sites for hydroxylation is 2. The number of ether oxygens (including phenoxy) is 2. The summed E-state index contributed by atoms with van der Waals surface area (Å²) in [6.07, 6.45) is 2.14. The van der Waals surface area contributed by atoms with Crippen LogP contribution in [0.5, 0.6) is 0 Å². The number of amides is 1.